The van der Waals surface area contributed by atoms with Crippen molar-refractivity contribution in [3.8, 4) is 5.82 Å². The lowest BCUT2D eigenvalue weighted by atomic mass is 10.3. The van der Waals surface area contributed by atoms with Gasteiger partial charge in [-0.15, -0.1) is 10.2 Å². The number of benzene rings is 2. The van der Waals surface area contributed by atoms with Gasteiger partial charge in [-0.1, -0.05) is 11.6 Å². The Morgan fingerprint density at radius 2 is 1.55 bits per heavy atom. The molecule has 0 aliphatic carbocycles. The summed E-state index contributed by atoms with van der Waals surface area (Å²) in [6.07, 6.45) is 0. The molecule has 2 heterocycles. The highest BCUT2D eigenvalue weighted by molar-refractivity contribution is 7.92. The zero-order valence-corrected chi connectivity index (χ0v) is 18.3. The van der Waals surface area contributed by atoms with Crippen LogP contribution in [0.25, 0.3) is 5.82 Å². The number of hydrogen-bond donors (Lipinski definition) is 2. The van der Waals surface area contributed by atoms with E-state index < -0.39 is 10.0 Å². The summed E-state index contributed by atoms with van der Waals surface area (Å²) in [5.74, 6) is 1.18. The normalized spacial score (nSPS) is 11.3. The minimum atomic E-state index is -3.69. The number of halogens is 1. The first kappa shape index (κ1) is 20.8. The van der Waals surface area contributed by atoms with Gasteiger partial charge in [0.1, 0.15) is 0 Å². The van der Waals surface area contributed by atoms with Gasteiger partial charge >= 0.3 is 0 Å². The van der Waals surface area contributed by atoms with Crippen molar-refractivity contribution >= 4 is 38.8 Å². The van der Waals surface area contributed by atoms with Crippen molar-refractivity contribution in [2.24, 2.45) is 0 Å². The average Bonchev–Trinajstić information content (AvgIpc) is 3.08. The van der Waals surface area contributed by atoms with Gasteiger partial charge in [0.2, 0.25) is 0 Å². The summed E-state index contributed by atoms with van der Waals surface area (Å²) in [6.45, 7) is 3.88. The quantitative estimate of drug-likeness (QED) is 0.445. The molecule has 10 heteroatoms. The molecule has 4 rings (SSSR count). The number of nitrogens with zero attached hydrogens (tertiary/aromatic N) is 4. The molecule has 0 fully saturated rings. The lowest BCUT2D eigenvalue weighted by Crippen LogP contribution is -2.12. The first-order chi connectivity index (χ1) is 14.8. The van der Waals surface area contributed by atoms with Crippen LogP contribution >= 0.6 is 11.6 Å². The molecule has 31 heavy (non-hydrogen) atoms. The van der Waals surface area contributed by atoms with Gasteiger partial charge in [0.15, 0.2) is 11.6 Å². The van der Waals surface area contributed by atoms with Crippen LogP contribution < -0.4 is 10.0 Å². The first-order valence-electron chi connectivity index (χ1n) is 9.33. The lowest BCUT2D eigenvalue weighted by molar-refractivity contribution is 0.601. The molecule has 0 atom stereocenters. The minimum Gasteiger partial charge on any atom is -0.339 e. The molecule has 8 nitrogen and oxygen atoms in total. The molecule has 0 aliphatic rings. The summed E-state index contributed by atoms with van der Waals surface area (Å²) in [7, 11) is -3.69. The summed E-state index contributed by atoms with van der Waals surface area (Å²) < 4.78 is 29.2. The monoisotopic (exact) mass is 454 g/mol. The smallest absolute Gasteiger partial charge is 0.261 e. The van der Waals surface area contributed by atoms with Crippen molar-refractivity contribution < 1.29 is 8.42 Å². The molecular weight excluding hydrogens is 436 g/mol. The second kappa shape index (κ2) is 8.37. The lowest BCUT2D eigenvalue weighted by Gasteiger charge is -2.10. The fourth-order valence-corrected chi connectivity index (χ4v) is 4.15. The topological polar surface area (TPSA) is 102 Å². The molecule has 2 N–H and O–H groups in total. The highest BCUT2D eigenvalue weighted by atomic mass is 35.5. The third kappa shape index (κ3) is 4.84. The van der Waals surface area contributed by atoms with Crippen LogP contribution in [0.2, 0.25) is 5.02 Å². The molecule has 0 spiro atoms. The van der Waals surface area contributed by atoms with E-state index in [1.165, 1.54) is 24.3 Å². The molecular formula is C21H19ClN6O2S. The van der Waals surface area contributed by atoms with Gasteiger partial charge in [-0.05, 0) is 80.6 Å². The van der Waals surface area contributed by atoms with Gasteiger partial charge in [-0.25, -0.2) is 13.1 Å². The van der Waals surface area contributed by atoms with Crippen LogP contribution in [0.3, 0.4) is 0 Å². The maximum Gasteiger partial charge on any atom is 0.261 e. The molecule has 0 aliphatic heterocycles. The largest absolute Gasteiger partial charge is 0.339 e. The molecule has 2 aromatic carbocycles. The van der Waals surface area contributed by atoms with Crippen molar-refractivity contribution in [1.82, 2.24) is 20.0 Å². The summed E-state index contributed by atoms with van der Waals surface area (Å²) in [5.41, 5.74) is 3.06. The van der Waals surface area contributed by atoms with E-state index in [1.807, 2.05) is 26.0 Å². The SMILES string of the molecule is Cc1cc(C)n(-c2ccc(Nc3ccc(NS(=O)(=O)c4ccc(Cl)cc4)cc3)nn2)n1. The number of hydrogen-bond acceptors (Lipinski definition) is 6. The van der Waals surface area contributed by atoms with Gasteiger partial charge in [-0.2, -0.15) is 5.10 Å². The number of aromatic nitrogens is 4. The molecule has 4 aromatic rings. The van der Waals surface area contributed by atoms with Crippen LogP contribution in [0.5, 0.6) is 0 Å². The summed E-state index contributed by atoms with van der Waals surface area (Å²) >= 11 is 5.82. The second-order valence-corrected chi connectivity index (χ2v) is 9.00. The summed E-state index contributed by atoms with van der Waals surface area (Å²) in [6, 6.07) is 18.4. The molecule has 0 saturated heterocycles. The number of rotatable bonds is 6. The van der Waals surface area contributed by atoms with Crippen molar-refractivity contribution in [2.75, 3.05) is 10.0 Å². The van der Waals surface area contributed by atoms with Gasteiger partial charge in [0, 0.05) is 22.1 Å². The standard InChI is InChI=1S/C21H19ClN6O2S/c1-14-13-15(2)28(26-14)21-12-11-20(24-25-21)23-17-5-7-18(8-6-17)27-31(29,30)19-9-3-16(22)4-10-19/h3-13,27H,1-2H3,(H,23,24). The molecule has 0 saturated carbocycles. The average molecular weight is 455 g/mol. The molecule has 0 amide bonds. The van der Waals surface area contributed by atoms with Gasteiger partial charge in [0.05, 0.1) is 10.6 Å². The third-order valence-electron chi connectivity index (χ3n) is 4.41. The van der Waals surface area contributed by atoms with Crippen LogP contribution in [-0.2, 0) is 10.0 Å². The Hall–Kier alpha value is -3.43. The maximum atomic E-state index is 12.5. The number of aryl methyl sites for hydroxylation is 2. The number of nitrogens with one attached hydrogen (secondary N) is 2. The van der Waals surface area contributed by atoms with E-state index >= 15 is 0 Å². The van der Waals surface area contributed by atoms with E-state index in [1.54, 1.807) is 35.0 Å². The fourth-order valence-electron chi connectivity index (χ4n) is 2.96. The zero-order chi connectivity index (χ0) is 22.0. The van der Waals surface area contributed by atoms with Crippen LogP contribution in [0.15, 0.2) is 71.6 Å². The Morgan fingerprint density at radius 1 is 0.871 bits per heavy atom. The van der Waals surface area contributed by atoms with Crippen molar-refractivity contribution in [2.45, 2.75) is 18.7 Å². The molecule has 158 valence electrons. The van der Waals surface area contributed by atoms with E-state index in [0.717, 1.165) is 17.1 Å². The minimum absolute atomic E-state index is 0.136. The van der Waals surface area contributed by atoms with Crippen molar-refractivity contribution in [3.05, 3.63) is 83.1 Å². The summed E-state index contributed by atoms with van der Waals surface area (Å²) in [5, 5.41) is 16.4. The zero-order valence-electron chi connectivity index (χ0n) is 16.7. The van der Waals surface area contributed by atoms with Gasteiger partial charge < -0.3 is 5.32 Å². The van der Waals surface area contributed by atoms with Gasteiger partial charge in [0.25, 0.3) is 10.0 Å². The molecule has 0 bridgehead atoms. The first-order valence-corrected chi connectivity index (χ1v) is 11.2. The van der Waals surface area contributed by atoms with E-state index in [9.17, 15) is 8.42 Å². The highest BCUT2D eigenvalue weighted by Crippen LogP contribution is 2.21. The molecule has 0 unspecified atom stereocenters. The van der Waals surface area contributed by atoms with Crippen LogP contribution in [0.4, 0.5) is 17.2 Å². The Morgan fingerprint density at radius 3 is 2.13 bits per heavy atom. The number of sulfonamides is 1. The Kier molecular flexibility index (Phi) is 5.62. The maximum absolute atomic E-state index is 12.5. The number of anilines is 3. The van der Waals surface area contributed by atoms with E-state index in [2.05, 4.69) is 25.3 Å². The van der Waals surface area contributed by atoms with E-state index in [0.29, 0.717) is 22.3 Å². The van der Waals surface area contributed by atoms with Crippen LogP contribution in [0.1, 0.15) is 11.4 Å². The third-order valence-corrected chi connectivity index (χ3v) is 6.06. The van der Waals surface area contributed by atoms with Crippen molar-refractivity contribution in [3.63, 3.8) is 0 Å². The Balaban J connectivity index is 1.44. The summed E-state index contributed by atoms with van der Waals surface area (Å²) in [4.78, 5) is 0.136. The second-order valence-electron chi connectivity index (χ2n) is 6.88. The molecule has 2 aromatic heterocycles. The van der Waals surface area contributed by atoms with Crippen LogP contribution in [0, 0.1) is 13.8 Å². The predicted octanol–water partition coefficient (Wildman–Crippen LogP) is 4.48. The highest BCUT2D eigenvalue weighted by Gasteiger charge is 2.14. The predicted molar refractivity (Wildman–Crippen MR) is 121 cm³/mol. The van der Waals surface area contributed by atoms with E-state index in [4.69, 9.17) is 11.6 Å². The van der Waals surface area contributed by atoms with Crippen LogP contribution in [-0.4, -0.2) is 28.4 Å². The Bertz CT molecular complexity index is 1300. The van der Waals surface area contributed by atoms with E-state index in [-0.39, 0.29) is 4.90 Å². The fraction of sp³-hybridized carbons (Fsp3) is 0.0952. The van der Waals surface area contributed by atoms with Crippen molar-refractivity contribution in [1.29, 1.82) is 0 Å². The Labute approximate surface area is 185 Å². The van der Waals surface area contributed by atoms with Gasteiger partial charge in [-0.3, -0.25) is 4.72 Å². The molecule has 0 radical (unpaired) electrons.